The van der Waals surface area contributed by atoms with E-state index in [1.165, 1.54) is 6.07 Å². The van der Waals surface area contributed by atoms with E-state index >= 15 is 0 Å². The third-order valence-corrected chi connectivity index (χ3v) is 4.11. The number of likely N-dealkylation sites (N-methyl/N-ethyl adjacent to an activating group) is 1. The Morgan fingerprint density at radius 2 is 1.90 bits per heavy atom. The van der Waals surface area contributed by atoms with Crippen molar-refractivity contribution >= 4 is 29.9 Å². The molecule has 1 atom stereocenters. The average molecular weight is 530 g/mol. The Balaban J connectivity index is 0.00000450. The molecule has 0 fully saturated rings. The number of benzene rings is 2. The minimum absolute atomic E-state index is 0. The Bertz CT molecular complexity index is 789. The maximum Gasteiger partial charge on any atom is 0.191 e. The van der Waals surface area contributed by atoms with Crippen LogP contribution in [0.4, 0.5) is 4.39 Å². The Labute approximate surface area is 195 Å². The maximum atomic E-state index is 13.7. The first kappa shape index (κ1) is 26.0. The summed E-state index contributed by atoms with van der Waals surface area (Å²) in [6.07, 6.45) is -0.223. The summed E-state index contributed by atoms with van der Waals surface area (Å²) in [6, 6.07) is 14.4. The molecule has 8 heteroatoms. The third kappa shape index (κ3) is 9.62. The molecule has 0 spiro atoms. The quantitative estimate of drug-likeness (QED) is 0.280. The molecular formula is C22H32FIN4O2. The fraction of sp³-hybridized carbons (Fsp3) is 0.409. The van der Waals surface area contributed by atoms with Gasteiger partial charge in [0.2, 0.25) is 0 Å². The molecule has 0 saturated heterocycles. The molecule has 0 aliphatic rings. The van der Waals surface area contributed by atoms with Gasteiger partial charge in [0.1, 0.15) is 18.5 Å². The highest BCUT2D eigenvalue weighted by atomic mass is 127. The standard InChI is InChI=1S/C22H31FN4O2.HI/c1-17(29-21-11-6-5-10-20(21)23)15-25-22(24-2)26-16-18-8-7-9-19(14-18)28-13-12-27(3)4;/h5-11,14,17H,12-13,15-16H2,1-4H3,(H2,24,25,26);1H. The average Bonchev–Trinajstić information content (AvgIpc) is 2.70. The van der Waals surface area contributed by atoms with Gasteiger partial charge in [0, 0.05) is 20.1 Å². The molecule has 30 heavy (non-hydrogen) atoms. The van der Waals surface area contributed by atoms with Crippen LogP contribution in [0.5, 0.6) is 11.5 Å². The lowest BCUT2D eigenvalue weighted by atomic mass is 10.2. The molecule has 0 bridgehead atoms. The van der Waals surface area contributed by atoms with E-state index in [-0.39, 0.29) is 41.6 Å². The molecule has 166 valence electrons. The van der Waals surface area contributed by atoms with Crippen molar-refractivity contribution in [2.45, 2.75) is 19.6 Å². The van der Waals surface area contributed by atoms with Gasteiger partial charge in [0.15, 0.2) is 17.5 Å². The van der Waals surface area contributed by atoms with Gasteiger partial charge in [0.05, 0.1) is 6.54 Å². The van der Waals surface area contributed by atoms with Gasteiger partial charge in [0.25, 0.3) is 0 Å². The lowest BCUT2D eigenvalue weighted by Crippen LogP contribution is -2.41. The normalized spacial score (nSPS) is 12.1. The summed E-state index contributed by atoms with van der Waals surface area (Å²) in [5.74, 6) is 1.37. The van der Waals surface area contributed by atoms with Gasteiger partial charge < -0.3 is 25.0 Å². The van der Waals surface area contributed by atoms with Crippen molar-refractivity contribution in [2.75, 3.05) is 40.8 Å². The Kier molecular flexibility index (Phi) is 12.1. The molecule has 2 N–H and O–H groups in total. The lowest BCUT2D eigenvalue weighted by molar-refractivity contribution is 0.214. The van der Waals surface area contributed by atoms with Crippen LogP contribution in [-0.4, -0.2) is 57.8 Å². The van der Waals surface area contributed by atoms with E-state index in [1.54, 1.807) is 25.2 Å². The Morgan fingerprint density at radius 1 is 1.13 bits per heavy atom. The predicted octanol–water partition coefficient (Wildman–Crippen LogP) is 3.52. The zero-order chi connectivity index (χ0) is 21.1. The second kappa shape index (κ2) is 14.0. The molecule has 0 heterocycles. The smallest absolute Gasteiger partial charge is 0.191 e. The van der Waals surface area contributed by atoms with E-state index in [0.717, 1.165) is 17.9 Å². The number of nitrogens with one attached hydrogen (secondary N) is 2. The van der Waals surface area contributed by atoms with Gasteiger partial charge >= 0.3 is 0 Å². The second-order valence-electron chi connectivity index (χ2n) is 6.96. The number of aliphatic imine (C=N–C) groups is 1. The number of rotatable bonds is 10. The summed E-state index contributed by atoms with van der Waals surface area (Å²) in [5.41, 5.74) is 1.09. The molecule has 2 rings (SSSR count). The van der Waals surface area contributed by atoms with E-state index < -0.39 is 0 Å². The van der Waals surface area contributed by atoms with Crippen LogP contribution >= 0.6 is 24.0 Å². The largest absolute Gasteiger partial charge is 0.492 e. The summed E-state index contributed by atoms with van der Waals surface area (Å²) < 4.78 is 25.1. The topological polar surface area (TPSA) is 58.1 Å². The van der Waals surface area contributed by atoms with E-state index in [4.69, 9.17) is 9.47 Å². The van der Waals surface area contributed by atoms with Crippen molar-refractivity contribution in [3.8, 4) is 11.5 Å². The zero-order valence-electron chi connectivity index (χ0n) is 18.0. The lowest BCUT2D eigenvalue weighted by Gasteiger charge is -2.18. The summed E-state index contributed by atoms with van der Waals surface area (Å²) in [7, 11) is 5.74. The van der Waals surface area contributed by atoms with Crippen molar-refractivity contribution in [1.29, 1.82) is 0 Å². The van der Waals surface area contributed by atoms with Crippen LogP contribution in [0.2, 0.25) is 0 Å². The van der Waals surface area contributed by atoms with Crippen LogP contribution < -0.4 is 20.1 Å². The summed E-state index contributed by atoms with van der Waals surface area (Å²) in [6.45, 7) is 4.48. The van der Waals surface area contributed by atoms with Crippen LogP contribution in [0.3, 0.4) is 0 Å². The van der Waals surface area contributed by atoms with Crippen molar-refractivity contribution < 1.29 is 13.9 Å². The monoisotopic (exact) mass is 530 g/mol. The number of para-hydroxylation sites is 1. The van der Waals surface area contributed by atoms with Gasteiger partial charge in [-0.25, -0.2) is 4.39 Å². The second-order valence-corrected chi connectivity index (χ2v) is 6.96. The van der Waals surface area contributed by atoms with Gasteiger partial charge in [-0.05, 0) is 50.8 Å². The maximum absolute atomic E-state index is 13.7. The zero-order valence-corrected chi connectivity index (χ0v) is 20.4. The molecule has 0 aliphatic heterocycles. The number of hydrogen-bond donors (Lipinski definition) is 2. The van der Waals surface area contributed by atoms with Crippen molar-refractivity contribution in [1.82, 2.24) is 15.5 Å². The van der Waals surface area contributed by atoms with Crippen LogP contribution in [-0.2, 0) is 6.54 Å². The van der Waals surface area contributed by atoms with E-state index in [9.17, 15) is 4.39 Å². The van der Waals surface area contributed by atoms with Crippen molar-refractivity contribution in [2.24, 2.45) is 4.99 Å². The first-order valence-electron chi connectivity index (χ1n) is 9.70. The van der Waals surface area contributed by atoms with E-state index in [2.05, 4.69) is 20.5 Å². The Hall–Kier alpha value is -2.07. The fourth-order valence-corrected chi connectivity index (χ4v) is 2.54. The number of nitrogens with zero attached hydrogens (tertiary/aromatic N) is 2. The van der Waals surface area contributed by atoms with E-state index in [1.807, 2.05) is 45.3 Å². The first-order valence-corrected chi connectivity index (χ1v) is 9.70. The molecule has 0 saturated carbocycles. The van der Waals surface area contributed by atoms with E-state index in [0.29, 0.717) is 25.7 Å². The van der Waals surface area contributed by atoms with Gasteiger partial charge in [-0.1, -0.05) is 24.3 Å². The molecule has 0 aliphatic carbocycles. The minimum Gasteiger partial charge on any atom is -0.492 e. The fourth-order valence-electron chi connectivity index (χ4n) is 2.54. The molecule has 6 nitrogen and oxygen atoms in total. The Morgan fingerprint density at radius 3 is 2.60 bits per heavy atom. The molecule has 0 amide bonds. The number of halogens is 2. The SMILES string of the molecule is CN=C(NCc1cccc(OCCN(C)C)c1)NCC(C)Oc1ccccc1F.I. The van der Waals surface area contributed by atoms with Crippen molar-refractivity contribution in [3.63, 3.8) is 0 Å². The molecule has 1 unspecified atom stereocenters. The highest BCUT2D eigenvalue weighted by molar-refractivity contribution is 14.0. The van der Waals surface area contributed by atoms with Crippen LogP contribution in [0.25, 0.3) is 0 Å². The van der Waals surface area contributed by atoms with Gasteiger partial charge in [-0.2, -0.15) is 0 Å². The van der Waals surface area contributed by atoms with Gasteiger partial charge in [-0.3, -0.25) is 4.99 Å². The summed E-state index contributed by atoms with van der Waals surface area (Å²) >= 11 is 0. The highest BCUT2D eigenvalue weighted by Crippen LogP contribution is 2.16. The molecule has 2 aromatic carbocycles. The number of hydrogen-bond acceptors (Lipinski definition) is 4. The van der Waals surface area contributed by atoms with Crippen LogP contribution in [0.15, 0.2) is 53.5 Å². The van der Waals surface area contributed by atoms with Crippen LogP contribution in [0, 0.1) is 5.82 Å². The van der Waals surface area contributed by atoms with Gasteiger partial charge in [-0.15, -0.1) is 24.0 Å². The third-order valence-electron chi connectivity index (χ3n) is 4.11. The number of ether oxygens (including phenoxy) is 2. The summed E-state index contributed by atoms with van der Waals surface area (Å²) in [4.78, 5) is 6.30. The molecule has 0 aromatic heterocycles. The predicted molar refractivity (Wildman–Crippen MR) is 131 cm³/mol. The number of guanidine groups is 1. The van der Waals surface area contributed by atoms with Crippen LogP contribution in [0.1, 0.15) is 12.5 Å². The molecule has 0 radical (unpaired) electrons. The molecular weight excluding hydrogens is 498 g/mol. The first-order chi connectivity index (χ1) is 14.0. The summed E-state index contributed by atoms with van der Waals surface area (Å²) in [5, 5.41) is 6.46. The minimum atomic E-state index is -0.366. The highest BCUT2D eigenvalue weighted by Gasteiger charge is 2.09. The van der Waals surface area contributed by atoms with Crippen molar-refractivity contribution in [3.05, 3.63) is 59.9 Å². The molecule has 2 aromatic rings.